The molecular formula is C12H14N4O4. The summed E-state index contributed by atoms with van der Waals surface area (Å²) in [7, 11) is 0. The van der Waals surface area contributed by atoms with Gasteiger partial charge in [0.2, 0.25) is 0 Å². The first-order valence-corrected chi connectivity index (χ1v) is 5.93. The molecule has 0 aliphatic carbocycles. The number of carbonyl (C=O) groups is 1. The zero-order valence-electron chi connectivity index (χ0n) is 11.1. The molecule has 0 bridgehead atoms. The van der Waals surface area contributed by atoms with Gasteiger partial charge in [-0.3, -0.25) is 14.9 Å². The zero-order valence-corrected chi connectivity index (χ0v) is 11.1. The molecule has 0 aliphatic rings. The van der Waals surface area contributed by atoms with E-state index in [-0.39, 0.29) is 29.7 Å². The summed E-state index contributed by atoms with van der Waals surface area (Å²) in [5.74, 6) is -0.913. The zero-order chi connectivity index (χ0) is 15.3. The van der Waals surface area contributed by atoms with Crippen LogP contribution in [0.1, 0.15) is 25.8 Å². The van der Waals surface area contributed by atoms with Crippen molar-refractivity contribution < 1.29 is 14.8 Å². The molecular weight excluding hydrogens is 264 g/mol. The quantitative estimate of drug-likeness (QED) is 0.619. The Bertz CT molecular complexity index is 567. The largest absolute Gasteiger partial charge is 0.480 e. The van der Waals surface area contributed by atoms with E-state index in [9.17, 15) is 14.9 Å². The number of anilines is 1. The van der Waals surface area contributed by atoms with Crippen LogP contribution in [-0.4, -0.2) is 33.6 Å². The van der Waals surface area contributed by atoms with Crippen LogP contribution in [0.5, 0.6) is 0 Å². The SMILES string of the molecule is CCC(C)N(CC(=O)O)c1ncc([N+](=O)[O-])cc1C#N. The lowest BCUT2D eigenvalue weighted by Gasteiger charge is -2.28. The van der Waals surface area contributed by atoms with Crippen molar-refractivity contribution in [2.75, 3.05) is 11.4 Å². The van der Waals surface area contributed by atoms with E-state index in [1.165, 1.54) is 4.90 Å². The summed E-state index contributed by atoms with van der Waals surface area (Å²) >= 11 is 0. The standard InChI is InChI=1S/C12H14N4O4/c1-3-8(2)15(7-11(17)18)12-9(5-13)4-10(6-14-12)16(19)20/h4,6,8H,3,7H2,1-2H3,(H,17,18). The molecule has 1 aromatic rings. The Morgan fingerprint density at radius 3 is 2.80 bits per heavy atom. The molecule has 0 aliphatic heterocycles. The van der Waals surface area contributed by atoms with Gasteiger partial charge in [-0.15, -0.1) is 0 Å². The fraction of sp³-hybridized carbons (Fsp3) is 0.417. The molecule has 1 unspecified atom stereocenters. The third-order valence-corrected chi connectivity index (χ3v) is 2.88. The molecule has 1 N–H and O–H groups in total. The predicted molar refractivity (Wildman–Crippen MR) is 70.3 cm³/mol. The summed E-state index contributed by atoms with van der Waals surface area (Å²) in [6, 6.07) is 2.76. The minimum Gasteiger partial charge on any atom is -0.480 e. The van der Waals surface area contributed by atoms with Gasteiger partial charge >= 0.3 is 5.97 Å². The molecule has 8 nitrogen and oxygen atoms in total. The summed E-state index contributed by atoms with van der Waals surface area (Å²) in [5, 5.41) is 28.7. The summed E-state index contributed by atoms with van der Waals surface area (Å²) in [6.07, 6.45) is 1.67. The van der Waals surface area contributed by atoms with E-state index in [0.717, 1.165) is 12.3 Å². The molecule has 0 spiro atoms. The van der Waals surface area contributed by atoms with Crippen LogP contribution in [0, 0.1) is 21.4 Å². The second kappa shape index (κ2) is 6.47. The Morgan fingerprint density at radius 2 is 2.35 bits per heavy atom. The van der Waals surface area contributed by atoms with Crippen molar-refractivity contribution in [1.82, 2.24) is 4.98 Å². The highest BCUT2D eigenvalue weighted by Crippen LogP contribution is 2.24. The summed E-state index contributed by atoms with van der Waals surface area (Å²) in [5.41, 5.74) is -0.314. The minimum atomic E-state index is -1.06. The van der Waals surface area contributed by atoms with E-state index < -0.39 is 10.9 Å². The monoisotopic (exact) mass is 278 g/mol. The lowest BCUT2D eigenvalue weighted by atomic mass is 10.1. The number of hydrogen-bond donors (Lipinski definition) is 1. The van der Waals surface area contributed by atoms with Gasteiger partial charge in [0.1, 0.15) is 30.2 Å². The third-order valence-electron chi connectivity index (χ3n) is 2.88. The molecule has 0 amide bonds. The molecule has 20 heavy (non-hydrogen) atoms. The molecule has 0 aromatic carbocycles. The average molecular weight is 278 g/mol. The number of hydrogen-bond acceptors (Lipinski definition) is 6. The van der Waals surface area contributed by atoms with Gasteiger partial charge in [-0.1, -0.05) is 6.92 Å². The Morgan fingerprint density at radius 1 is 1.70 bits per heavy atom. The number of aliphatic carboxylic acids is 1. The van der Waals surface area contributed by atoms with Gasteiger partial charge in [-0.05, 0) is 13.3 Å². The van der Waals surface area contributed by atoms with Crippen LogP contribution in [-0.2, 0) is 4.79 Å². The predicted octanol–water partition coefficient (Wildman–Crippen LogP) is 1.55. The lowest BCUT2D eigenvalue weighted by Crippen LogP contribution is -2.38. The highest BCUT2D eigenvalue weighted by molar-refractivity contribution is 5.74. The Balaban J connectivity index is 3.29. The number of aromatic nitrogens is 1. The van der Waals surface area contributed by atoms with Gasteiger partial charge in [-0.25, -0.2) is 4.98 Å². The van der Waals surface area contributed by atoms with Crippen LogP contribution < -0.4 is 4.90 Å². The van der Waals surface area contributed by atoms with E-state index in [1.54, 1.807) is 6.92 Å². The number of nitriles is 1. The van der Waals surface area contributed by atoms with Crippen molar-refractivity contribution >= 4 is 17.5 Å². The van der Waals surface area contributed by atoms with Crippen LogP contribution in [0.4, 0.5) is 11.5 Å². The maximum atomic E-state index is 10.9. The van der Waals surface area contributed by atoms with Gasteiger partial charge in [0.25, 0.3) is 5.69 Å². The molecule has 1 heterocycles. The molecule has 1 aromatic heterocycles. The summed E-state index contributed by atoms with van der Waals surface area (Å²) in [6.45, 7) is 3.35. The van der Waals surface area contributed by atoms with Crippen LogP contribution >= 0.6 is 0 Å². The molecule has 106 valence electrons. The minimum absolute atomic E-state index is 0.0132. The maximum absolute atomic E-state index is 10.9. The number of rotatable bonds is 6. The molecule has 8 heteroatoms. The second-order valence-corrected chi connectivity index (χ2v) is 4.21. The third kappa shape index (κ3) is 3.41. The van der Waals surface area contributed by atoms with Crippen LogP contribution in [0.3, 0.4) is 0 Å². The summed E-state index contributed by atoms with van der Waals surface area (Å²) < 4.78 is 0. The summed E-state index contributed by atoms with van der Waals surface area (Å²) in [4.78, 5) is 26.3. The molecule has 0 saturated carbocycles. The van der Waals surface area contributed by atoms with Crippen molar-refractivity contribution in [2.45, 2.75) is 26.3 Å². The van der Waals surface area contributed by atoms with E-state index in [2.05, 4.69) is 4.98 Å². The molecule has 1 rings (SSSR count). The number of nitrogens with zero attached hydrogens (tertiary/aromatic N) is 4. The normalized spacial score (nSPS) is 11.4. The van der Waals surface area contributed by atoms with E-state index >= 15 is 0 Å². The first-order chi connectivity index (χ1) is 9.40. The second-order valence-electron chi connectivity index (χ2n) is 4.21. The van der Waals surface area contributed by atoms with Crippen molar-refractivity contribution in [3.63, 3.8) is 0 Å². The molecule has 1 atom stereocenters. The highest BCUT2D eigenvalue weighted by Gasteiger charge is 2.22. The van der Waals surface area contributed by atoms with Crippen molar-refractivity contribution in [3.05, 3.63) is 27.9 Å². The van der Waals surface area contributed by atoms with E-state index in [4.69, 9.17) is 10.4 Å². The van der Waals surface area contributed by atoms with Crippen LogP contribution in [0.2, 0.25) is 0 Å². The highest BCUT2D eigenvalue weighted by atomic mass is 16.6. The smallest absolute Gasteiger partial charge is 0.323 e. The van der Waals surface area contributed by atoms with Crippen molar-refractivity contribution in [2.24, 2.45) is 0 Å². The molecule has 0 fully saturated rings. The number of carboxylic acids is 1. The first-order valence-electron chi connectivity index (χ1n) is 5.93. The number of carboxylic acid groups (broad SMARTS) is 1. The van der Waals surface area contributed by atoms with Gasteiger partial charge in [-0.2, -0.15) is 5.26 Å². The van der Waals surface area contributed by atoms with Crippen LogP contribution in [0.15, 0.2) is 12.3 Å². The Kier molecular flexibility index (Phi) is 4.97. The average Bonchev–Trinajstić information content (AvgIpc) is 2.43. The van der Waals surface area contributed by atoms with Gasteiger partial charge in [0, 0.05) is 12.1 Å². The number of pyridine rings is 1. The molecule has 0 saturated heterocycles. The topological polar surface area (TPSA) is 120 Å². The Hall–Kier alpha value is -2.69. The molecule has 0 radical (unpaired) electrons. The fourth-order valence-corrected chi connectivity index (χ4v) is 1.66. The van der Waals surface area contributed by atoms with Crippen LogP contribution in [0.25, 0.3) is 0 Å². The maximum Gasteiger partial charge on any atom is 0.323 e. The van der Waals surface area contributed by atoms with E-state index in [1.807, 2.05) is 13.0 Å². The van der Waals surface area contributed by atoms with Crippen molar-refractivity contribution in [1.29, 1.82) is 5.26 Å². The first kappa shape index (κ1) is 15.4. The van der Waals surface area contributed by atoms with Gasteiger partial charge in [0.15, 0.2) is 0 Å². The number of nitro groups is 1. The van der Waals surface area contributed by atoms with Gasteiger partial charge < -0.3 is 10.0 Å². The Labute approximate surface area is 115 Å². The van der Waals surface area contributed by atoms with Crippen molar-refractivity contribution in [3.8, 4) is 6.07 Å². The fourth-order valence-electron chi connectivity index (χ4n) is 1.66. The van der Waals surface area contributed by atoms with E-state index in [0.29, 0.717) is 6.42 Å². The van der Waals surface area contributed by atoms with Gasteiger partial charge in [0.05, 0.1) is 4.92 Å². The lowest BCUT2D eigenvalue weighted by molar-refractivity contribution is -0.385.